The Labute approximate surface area is 119 Å². The van der Waals surface area contributed by atoms with Gasteiger partial charge in [-0.3, -0.25) is 4.79 Å². The molecule has 0 aliphatic heterocycles. The van der Waals surface area contributed by atoms with E-state index in [9.17, 15) is 4.79 Å². The SMILES string of the molecule is COCC(C)(CCO)NC(=O)c1ccc(C#N)cc1C. The maximum absolute atomic E-state index is 12.3. The lowest BCUT2D eigenvalue weighted by Crippen LogP contribution is -2.50. The summed E-state index contributed by atoms with van der Waals surface area (Å²) in [5.41, 5.74) is 1.16. The van der Waals surface area contributed by atoms with E-state index in [1.807, 2.05) is 13.0 Å². The zero-order chi connectivity index (χ0) is 15.2. The third-order valence-corrected chi connectivity index (χ3v) is 3.14. The van der Waals surface area contributed by atoms with Crippen LogP contribution in [-0.2, 0) is 4.74 Å². The van der Waals surface area contributed by atoms with Crippen LogP contribution >= 0.6 is 0 Å². The molecule has 0 heterocycles. The molecule has 0 aliphatic carbocycles. The van der Waals surface area contributed by atoms with Crippen LogP contribution in [0.4, 0.5) is 0 Å². The first-order valence-corrected chi connectivity index (χ1v) is 6.39. The highest BCUT2D eigenvalue weighted by molar-refractivity contribution is 5.96. The van der Waals surface area contributed by atoms with Crippen LogP contribution in [0.15, 0.2) is 18.2 Å². The molecule has 0 saturated heterocycles. The van der Waals surface area contributed by atoms with Gasteiger partial charge in [-0.25, -0.2) is 0 Å². The van der Waals surface area contributed by atoms with Crippen molar-refractivity contribution in [2.45, 2.75) is 25.8 Å². The monoisotopic (exact) mass is 276 g/mol. The van der Waals surface area contributed by atoms with Crippen LogP contribution in [-0.4, -0.2) is 36.9 Å². The number of nitrogens with zero attached hydrogens (tertiary/aromatic N) is 1. The Hall–Kier alpha value is -1.90. The molecule has 0 spiro atoms. The van der Waals surface area contributed by atoms with Gasteiger partial charge in [0.2, 0.25) is 0 Å². The minimum Gasteiger partial charge on any atom is -0.396 e. The Morgan fingerprint density at radius 2 is 2.25 bits per heavy atom. The van der Waals surface area contributed by atoms with Gasteiger partial charge in [-0.2, -0.15) is 5.26 Å². The van der Waals surface area contributed by atoms with Crippen molar-refractivity contribution in [1.82, 2.24) is 5.32 Å². The van der Waals surface area contributed by atoms with E-state index in [0.29, 0.717) is 24.2 Å². The lowest BCUT2D eigenvalue weighted by atomic mass is 9.97. The predicted octanol–water partition coefficient (Wildman–Crippen LogP) is 1.38. The number of nitrogens with one attached hydrogen (secondary N) is 1. The molecule has 0 radical (unpaired) electrons. The minimum atomic E-state index is -0.624. The van der Waals surface area contributed by atoms with E-state index in [4.69, 9.17) is 15.1 Å². The van der Waals surface area contributed by atoms with Gasteiger partial charge in [0.05, 0.1) is 23.8 Å². The fourth-order valence-corrected chi connectivity index (χ4v) is 2.07. The van der Waals surface area contributed by atoms with Gasteiger partial charge in [0.25, 0.3) is 5.91 Å². The van der Waals surface area contributed by atoms with E-state index in [1.54, 1.807) is 32.2 Å². The summed E-state index contributed by atoms with van der Waals surface area (Å²) in [5.74, 6) is -0.236. The molecule has 5 nitrogen and oxygen atoms in total. The molecule has 1 rings (SSSR count). The van der Waals surface area contributed by atoms with E-state index >= 15 is 0 Å². The van der Waals surface area contributed by atoms with Crippen LogP contribution in [0.3, 0.4) is 0 Å². The molecule has 1 unspecified atom stereocenters. The summed E-state index contributed by atoms with van der Waals surface area (Å²) in [6, 6.07) is 6.96. The fourth-order valence-electron chi connectivity index (χ4n) is 2.07. The average molecular weight is 276 g/mol. The number of aliphatic hydroxyl groups excluding tert-OH is 1. The van der Waals surface area contributed by atoms with Crippen LogP contribution in [0.5, 0.6) is 0 Å². The molecule has 1 amide bonds. The lowest BCUT2D eigenvalue weighted by molar-refractivity contribution is 0.0725. The molecule has 2 N–H and O–H groups in total. The summed E-state index contributed by atoms with van der Waals surface area (Å²) in [6.45, 7) is 3.89. The molecular weight excluding hydrogens is 256 g/mol. The van der Waals surface area contributed by atoms with Crippen molar-refractivity contribution in [2.24, 2.45) is 0 Å². The van der Waals surface area contributed by atoms with E-state index in [0.717, 1.165) is 5.56 Å². The number of methoxy groups -OCH3 is 1. The number of rotatable bonds is 6. The van der Waals surface area contributed by atoms with Gasteiger partial charge in [-0.05, 0) is 44.0 Å². The maximum atomic E-state index is 12.3. The Balaban J connectivity index is 2.92. The number of nitriles is 1. The zero-order valence-corrected chi connectivity index (χ0v) is 12.1. The number of ether oxygens (including phenoxy) is 1. The van der Waals surface area contributed by atoms with Gasteiger partial charge in [0.1, 0.15) is 0 Å². The highest BCUT2D eigenvalue weighted by Gasteiger charge is 2.26. The molecule has 5 heteroatoms. The van der Waals surface area contributed by atoms with Gasteiger partial charge in [0.15, 0.2) is 0 Å². The van der Waals surface area contributed by atoms with Crippen LogP contribution in [0.2, 0.25) is 0 Å². The van der Waals surface area contributed by atoms with Gasteiger partial charge in [-0.15, -0.1) is 0 Å². The zero-order valence-electron chi connectivity index (χ0n) is 12.1. The van der Waals surface area contributed by atoms with E-state index in [-0.39, 0.29) is 12.5 Å². The number of aryl methyl sites for hydroxylation is 1. The van der Waals surface area contributed by atoms with Gasteiger partial charge < -0.3 is 15.2 Å². The third-order valence-electron chi connectivity index (χ3n) is 3.14. The number of amides is 1. The second-order valence-corrected chi connectivity index (χ2v) is 5.06. The normalized spacial score (nSPS) is 13.3. The second-order valence-electron chi connectivity index (χ2n) is 5.06. The Morgan fingerprint density at radius 3 is 2.75 bits per heavy atom. The molecule has 0 saturated carbocycles. The number of carbonyl (C=O) groups excluding carboxylic acids is 1. The number of hydrogen-bond acceptors (Lipinski definition) is 4. The molecule has 0 bridgehead atoms. The van der Waals surface area contributed by atoms with Crippen molar-refractivity contribution in [1.29, 1.82) is 5.26 Å². The van der Waals surface area contributed by atoms with Crippen LogP contribution < -0.4 is 5.32 Å². The number of hydrogen-bond donors (Lipinski definition) is 2. The van der Waals surface area contributed by atoms with Gasteiger partial charge in [-0.1, -0.05) is 0 Å². The molecule has 1 atom stereocenters. The van der Waals surface area contributed by atoms with E-state index in [2.05, 4.69) is 5.32 Å². The number of carbonyl (C=O) groups is 1. The Kier molecular flexibility index (Phi) is 5.68. The van der Waals surface area contributed by atoms with Crippen LogP contribution in [0.1, 0.15) is 34.8 Å². The standard InChI is InChI=1S/C15H20N2O3/c1-11-8-12(9-16)4-5-13(11)14(19)17-15(2,6-7-18)10-20-3/h4-5,8,18H,6-7,10H2,1-3H3,(H,17,19). The van der Waals surface area contributed by atoms with Crippen molar-refractivity contribution in [3.05, 3.63) is 34.9 Å². The molecule has 0 fully saturated rings. The number of aliphatic hydroxyl groups is 1. The number of benzene rings is 1. The van der Waals surface area contributed by atoms with Crippen molar-refractivity contribution in [3.8, 4) is 6.07 Å². The first kappa shape index (κ1) is 16.2. The third kappa shape index (κ3) is 4.05. The summed E-state index contributed by atoms with van der Waals surface area (Å²) in [5, 5.41) is 20.8. The molecule has 0 aliphatic rings. The summed E-state index contributed by atoms with van der Waals surface area (Å²) in [7, 11) is 1.55. The molecule has 1 aromatic rings. The van der Waals surface area contributed by atoms with E-state index in [1.165, 1.54) is 0 Å². The fraction of sp³-hybridized carbons (Fsp3) is 0.467. The highest BCUT2D eigenvalue weighted by Crippen LogP contribution is 2.15. The first-order chi connectivity index (χ1) is 9.45. The maximum Gasteiger partial charge on any atom is 0.252 e. The smallest absolute Gasteiger partial charge is 0.252 e. The van der Waals surface area contributed by atoms with Gasteiger partial charge >= 0.3 is 0 Å². The van der Waals surface area contributed by atoms with Crippen molar-refractivity contribution in [3.63, 3.8) is 0 Å². The minimum absolute atomic E-state index is 0.0352. The summed E-state index contributed by atoms with van der Waals surface area (Å²) in [4.78, 5) is 12.3. The molecule has 20 heavy (non-hydrogen) atoms. The Bertz CT molecular complexity index is 514. The second kappa shape index (κ2) is 7.04. The largest absolute Gasteiger partial charge is 0.396 e. The molecular formula is C15H20N2O3. The van der Waals surface area contributed by atoms with E-state index < -0.39 is 5.54 Å². The predicted molar refractivity (Wildman–Crippen MR) is 75.3 cm³/mol. The average Bonchev–Trinajstić information content (AvgIpc) is 2.38. The first-order valence-electron chi connectivity index (χ1n) is 6.39. The molecule has 0 aromatic heterocycles. The van der Waals surface area contributed by atoms with Crippen molar-refractivity contribution in [2.75, 3.05) is 20.3 Å². The highest BCUT2D eigenvalue weighted by atomic mass is 16.5. The van der Waals surface area contributed by atoms with Crippen molar-refractivity contribution < 1.29 is 14.6 Å². The summed E-state index contributed by atoms with van der Waals surface area (Å²) >= 11 is 0. The quantitative estimate of drug-likeness (QED) is 0.822. The molecule has 1 aromatic carbocycles. The van der Waals surface area contributed by atoms with Gasteiger partial charge in [0, 0.05) is 19.3 Å². The lowest BCUT2D eigenvalue weighted by Gasteiger charge is -2.29. The summed E-state index contributed by atoms with van der Waals surface area (Å²) in [6.07, 6.45) is 0.405. The van der Waals surface area contributed by atoms with Crippen molar-refractivity contribution >= 4 is 5.91 Å². The summed E-state index contributed by atoms with van der Waals surface area (Å²) < 4.78 is 5.09. The Morgan fingerprint density at radius 1 is 1.55 bits per heavy atom. The molecule has 108 valence electrons. The topological polar surface area (TPSA) is 82.3 Å². The van der Waals surface area contributed by atoms with Crippen LogP contribution in [0.25, 0.3) is 0 Å². The van der Waals surface area contributed by atoms with Crippen LogP contribution in [0, 0.1) is 18.3 Å².